The molecule has 2 rings (SSSR count). The number of aryl methyl sites for hydroxylation is 3. The highest BCUT2D eigenvalue weighted by Gasteiger charge is 2.19. The Kier molecular flexibility index (Phi) is 7.44. The first kappa shape index (κ1) is 21.3. The van der Waals surface area contributed by atoms with Gasteiger partial charge in [0.2, 0.25) is 11.8 Å². The number of nitrogens with zero attached hydrogens (tertiary/aromatic N) is 1. The fourth-order valence-corrected chi connectivity index (χ4v) is 3.18. The second-order valence-corrected chi connectivity index (χ2v) is 6.73. The molecule has 0 saturated heterocycles. The smallest absolute Gasteiger partial charge is 0.240 e. The average molecular weight is 384 g/mol. The van der Waals surface area contributed by atoms with Gasteiger partial charge in [-0.2, -0.15) is 0 Å². The summed E-state index contributed by atoms with van der Waals surface area (Å²) in [5.41, 5.74) is 3.87. The molecule has 0 saturated carbocycles. The summed E-state index contributed by atoms with van der Waals surface area (Å²) in [6, 6.07) is 11.3. The third-order valence-corrected chi connectivity index (χ3v) is 4.34. The van der Waals surface area contributed by atoms with Gasteiger partial charge in [-0.05, 0) is 56.2 Å². The normalized spacial score (nSPS) is 10.3. The SMILES string of the molecule is COc1ccc(OCCNC(=O)CN(C(C)=O)c2c(C)cc(C)cc2C)cc1. The average Bonchev–Trinajstić information content (AvgIpc) is 2.64. The number of carbonyl (C=O) groups is 2. The van der Waals surface area contributed by atoms with Gasteiger partial charge in [-0.3, -0.25) is 9.59 Å². The minimum absolute atomic E-state index is 0.0252. The molecule has 28 heavy (non-hydrogen) atoms. The fourth-order valence-electron chi connectivity index (χ4n) is 3.18. The molecule has 0 aromatic heterocycles. The molecule has 2 aromatic rings. The number of rotatable bonds is 8. The summed E-state index contributed by atoms with van der Waals surface area (Å²) < 4.78 is 10.7. The first-order chi connectivity index (χ1) is 13.3. The summed E-state index contributed by atoms with van der Waals surface area (Å²) >= 11 is 0. The van der Waals surface area contributed by atoms with E-state index in [9.17, 15) is 9.59 Å². The van der Waals surface area contributed by atoms with Crippen LogP contribution in [0.1, 0.15) is 23.6 Å². The summed E-state index contributed by atoms with van der Waals surface area (Å²) in [4.78, 5) is 26.0. The van der Waals surface area contributed by atoms with Crippen molar-refractivity contribution in [2.45, 2.75) is 27.7 Å². The minimum Gasteiger partial charge on any atom is -0.497 e. The van der Waals surface area contributed by atoms with Crippen LogP contribution in [0.3, 0.4) is 0 Å². The van der Waals surface area contributed by atoms with Crippen LogP contribution in [0.15, 0.2) is 36.4 Å². The summed E-state index contributed by atoms with van der Waals surface area (Å²) in [5.74, 6) is 1.06. The van der Waals surface area contributed by atoms with Crippen LogP contribution >= 0.6 is 0 Å². The number of methoxy groups -OCH3 is 1. The zero-order chi connectivity index (χ0) is 20.7. The van der Waals surface area contributed by atoms with Gasteiger partial charge in [0.05, 0.1) is 19.3 Å². The van der Waals surface area contributed by atoms with E-state index in [1.165, 1.54) is 11.8 Å². The number of ether oxygens (including phenoxy) is 2. The fraction of sp³-hybridized carbons (Fsp3) is 0.364. The van der Waals surface area contributed by atoms with E-state index in [0.717, 1.165) is 28.1 Å². The molecule has 0 aliphatic heterocycles. The predicted molar refractivity (Wildman–Crippen MR) is 110 cm³/mol. The molecule has 150 valence electrons. The van der Waals surface area contributed by atoms with Crippen LogP contribution in [0.2, 0.25) is 0 Å². The standard InChI is InChI=1S/C22H28N2O4/c1-15-12-16(2)22(17(3)13-15)24(18(4)25)14-21(26)23-10-11-28-20-8-6-19(27-5)7-9-20/h6-9,12-13H,10-11,14H2,1-5H3,(H,23,26). The van der Waals surface area contributed by atoms with Crippen molar-refractivity contribution >= 4 is 17.5 Å². The number of hydrogen-bond acceptors (Lipinski definition) is 4. The Labute approximate surface area is 166 Å². The van der Waals surface area contributed by atoms with Crippen LogP contribution in [-0.4, -0.2) is 38.6 Å². The maximum Gasteiger partial charge on any atom is 0.240 e. The maximum atomic E-state index is 12.3. The van der Waals surface area contributed by atoms with Crippen LogP contribution in [-0.2, 0) is 9.59 Å². The molecule has 2 aromatic carbocycles. The molecule has 6 heteroatoms. The lowest BCUT2D eigenvalue weighted by Crippen LogP contribution is -2.41. The Morgan fingerprint density at radius 3 is 2.11 bits per heavy atom. The molecule has 0 bridgehead atoms. The van der Waals surface area contributed by atoms with E-state index >= 15 is 0 Å². The molecular formula is C22H28N2O4. The summed E-state index contributed by atoms with van der Waals surface area (Å²) in [6.07, 6.45) is 0. The van der Waals surface area contributed by atoms with Crippen molar-refractivity contribution in [3.63, 3.8) is 0 Å². The predicted octanol–water partition coefficient (Wildman–Crippen LogP) is 3.17. The van der Waals surface area contributed by atoms with Crippen molar-refractivity contribution in [3.05, 3.63) is 53.1 Å². The van der Waals surface area contributed by atoms with Crippen molar-refractivity contribution in [1.29, 1.82) is 0 Å². The molecule has 0 heterocycles. The van der Waals surface area contributed by atoms with Crippen LogP contribution in [0.4, 0.5) is 5.69 Å². The van der Waals surface area contributed by atoms with E-state index in [2.05, 4.69) is 5.32 Å². The van der Waals surface area contributed by atoms with Crippen LogP contribution in [0.25, 0.3) is 0 Å². The lowest BCUT2D eigenvalue weighted by Gasteiger charge is -2.25. The van der Waals surface area contributed by atoms with Gasteiger partial charge in [-0.1, -0.05) is 17.7 Å². The molecule has 1 N–H and O–H groups in total. The molecular weight excluding hydrogens is 356 g/mol. The summed E-state index contributed by atoms with van der Waals surface area (Å²) in [7, 11) is 1.61. The first-order valence-electron chi connectivity index (χ1n) is 9.21. The number of anilines is 1. The molecule has 0 atom stereocenters. The quantitative estimate of drug-likeness (QED) is 0.710. The monoisotopic (exact) mass is 384 g/mol. The van der Waals surface area contributed by atoms with E-state index in [1.807, 2.05) is 45.0 Å². The van der Waals surface area contributed by atoms with Crippen molar-refractivity contribution < 1.29 is 19.1 Å². The number of carbonyl (C=O) groups excluding carboxylic acids is 2. The minimum atomic E-state index is -0.229. The van der Waals surface area contributed by atoms with Crippen molar-refractivity contribution in [2.75, 3.05) is 31.7 Å². The Bertz CT molecular complexity index is 808. The van der Waals surface area contributed by atoms with Crippen molar-refractivity contribution in [2.24, 2.45) is 0 Å². The van der Waals surface area contributed by atoms with Crippen LogP contribution < -0.4 is 19.7 Å². The van der Waals surface area contributed by atoms with Gasteiger partial charge in [-0.15, -0.1) is 0 Å². The van der Waals surface area contributed by atoms with E-state index in [-0.39, 0.29) is 18.4 Å². The number of hydrogen-bond donors (Lipinski definition) is 1. The van der Waals surface area contributed by atoms with Crippen molar-refractivity contribution in [1.82, 2.24) is 5.32 Å². The first-order valence-corrected chi connectivity index (χ1v) is 9.21. The van der Waals surface area contributed by atoms with Gasteiger partial charge in [0.1, 0.15) is 24.7 Å². The maximum absolute atomic E-state index is 12.3. The highest BCUT2D eigenvalue weighted by atomic mass is 16.5. The topological polar surface area (TPSA) is 67.9 Å². The summed E-state index contributed by atoms with van der Waals surface area (Å²) in [5, 5.41) is 2.80. The zero-order valence-electron chi connectivity index (χ0n) is 17.2. The van der Waals surface area contributed by atoms with Gasteiger partial charge in [0.15, 0.2) is 0 Å². The molecule has 0 aliphatic rings. The Morgan fingerprint density at radius 2 is 1.57 bits per heavy atom. The number of amides is 2. The Hall–Kier alpha value is -3.02. The van der Waals surface area contributed by atoms with E-state index < -0.39 is 0 Å². The lowest BCUT2D eigenvalue weighted by atomic mass is 10.0. The third kappa shape index (κ3) is 5.74. The second-order valence-electron chi connectivity index (χ2n) is 6.73. The molecule has 0 unspecified atom stereocenters. The van der Waals surface area contributed by atoms with Gasteiger partial charge in [0.25, 0.3) is 0 Å². The van der Waals surface area contributed by atoms with E-state index in [0.29, 0.717) is 18.9 Å². The summed E-state index contributed by atoms with van der Waals surface area (Å²) in [6.45, 7) is 8.04. The Morgan fingerprint density at radius 1 is 1.00 bits per heavy atom. The molecule has 0 radical (unpaired) electrons. The highest BCUT2D eigenvalue weighted by molar-refractivity contribution is 5.98. The van der Waals surface area contributed by atoms with E-state index in [4.69, 9.17) is 9.47 Å². The molecule has 0 spiro atoms. The lowest BCUT2D eigenvalue weighted by molar-refractivity contribution is -0.123. The largest absolute Gasteiger partial charge is 0.497 e. The molecule has 6 nitrogen and oxygen atoms in total. The zero-order valence-corrected chi connectivity index (χ0v) is 17.2. The van der Waals surface area contributed by atoms with E-state index in [1.54, 1.807) is 19.2 Å². The van der Waals surface area contributed by atoms with Gasteiger partial charge >= 0.3 is 0 Å². The highest BCUT2D eigenvalue weighted by Crippen LogP contribution is 2.26. The number of benzene rings is 2. The molecule has 2 amide bonds. The van der Waals surface area contributed by atoms with Gasteiger partial charge in [0, 0.05) is 6.92 Å². The van der Waals surface area contributed by atoms with Crippen LogP contribution in [0, 0.1) is 20.8 Å². The van der Waals surface area contributed by atoms with Gasteiger partial charge in [-0.25, -0.2) is 0 Å². The van der Waals surface area contributed by atoms with Crippen LogP contribution in [0.5, 0.6) is 11.5 Å². The Balaban J connectivity index is 1.90. The third-order valence-electron chi connectivity index (χ3n) is 4.34. The number of nitrogens with one attached hydrogen (secondary N) is 1. The van der Waals surface area contributed by atoms with Gasteiger partial charge < -0.3 is 19.7 Å². The second kappa shape index (κ2) is 9.78. The molecule has 0 aliphatic carbocycles. The molecule has 0 fully saturated rings. The van der Waals surface area contributed by atoms with Crippen molar-refractivity contribution in [3.8, 4) is 11.5 Å².